The second kappa shape index (κ2) is 6.87. The molecule has 108 valence electrons. The van der Waals surface area contributed by atoms with Gasteiger partial charge in [-0.1, -0.05) is 0 Å². The molecule has 0 aromatic heterocycles. The molecule has 0 saturated carbocycles. The zero-order valence-electron chi connectivity index (χ0n) is 12.5. The number of benzene rings is 1. The van der Waals surface area contributed by atoms with E-state index >= 15 is 0 Å². The minimum absolute atomic E-state index is 0.0548. The first-order valence-electron chi connectivity index (χ1n) is 6.74. The summed E-state index contributed by atoms with van der Waals surface area (Å²) in [6.07, 6.45) is 0.0548. The van der Waals surface area contributed by atoms with Crippen LogP contribution in [0, 0.1) is 5.82 Å². The predicted octanol–water partition coefficient (Wildman–Crippen LogP) is 2.91. The summed E-state index contributed by atoms with van der Waals surface area (Å²) >= 11 is 0. The number of halogens is 1. The maximum Gasteiger partial charge on any atom is 0.128 e. The second-order valence-electron chi connectivity index (χ2n) is 5.38. The first-order valence-corrected chi connectivity index (χ1v) is 6.74. The summed E-state index contributed by atoms with van der Waals surface area (Å²) in [4.78, 5) is 2.14. The Morgan fingerprint density at radius 2 is 1.84 bits per heavy atom. The highest BCUT2D eigenvalue weighted by Crippen LogP contribution is 2.27. The van der Waals surface area contributed by atoms with Crippen LogP contribution >= 0.6 is 0 Å². The lowest BCUT2D eigenvalue weighted by Crippen LogP contribution is -2.27. The number of rotatable bonds is 6. The van der Waals surface area contributed by atoms with Crippen LogP contribution in [0.2, 0.25) is 0 Å². The SMILES string of the molecule is CC(C)Oc1ccc(F)c(CN)c1CN(C)C(C)C. The maximum absolute atomic E-state index is 13.9. The van der Waals surface area contributed by atoms with Gasteiger partial charge in [-0.05, 0) is 46.9 Å². The van der Waals surface area contributed by atoms with E-state index in [-0.39, 0.29) is 18.5 Å². The molecule has 0 unspecified atom stereocenters. The summed E-state index contributed by atoms with van der Waals surface area (Å²) < 4.78 is 19.6. The van der Waals surface area contributed by atoms with E-state index in [1.807, 2.05) is 20.9 Å². The van der Waals surface area contributed by atoms with Gasteiger partial charge in [-0.15, -0.1) is 0 Å². The number of ether oxygens (including phenoxy) is 1. The molecule has 0 atom stereocenters. The van der Waals surface area contributed by atoms with Gasteiger partial charge >= 0.3 is 0 Å². The lowest BCUT2D eigenvalue weighted by atomic mass is 10.0. The molecule has 0 amide bonds. The molecular weight excluding hydrogens is 243 g/mol. The molecule has 1 rings (SSSR count). The van der Waals surface area contributed by atoms with Gasteiger partial charge in [0, 0.05) is 30.3 Å². The van der Waals surface area contributed by atoms with Crippen molar-refractivity contribution in [3.05, 3.63) is 29.1 Å². The first-order chi connectivity index (χ1) is 8.86. The van der Waals surface area contributed by atoms with Crippen LogP contribution in [0.4, 0.5) is 4.39 Å². The van der Waals surface area contributed by atoms with Crippen LogP contribution in [0.5, 0.6) is 5.75 Å². The van der Waals surface area contributed by atoms with Crippen molar-refractivity contribution in [1.29, 1.82) is 0 Å². The molecule has 0 saturated heterocycles. The Balaban J connectivity index is 3.17. The highest BCUT2D eigenvalue weighted by molar-refractivity contribution is 5.41. The number of nitrogens with two attached hydrogens (primary N) is 1. The molecule has 4 heteroatoms. The Morgan fingerprint density at radius 1 is 1.21 bits per heavy atom. The van der Waals surface area contributed by atoms with E-state index < -0.39 is 0 Å². The molecule has 0 heterocycles. The van der Waals surface area contributed by atoms with Crippen LogP contribution < -0.4 is 10.5 Å². The quantitative estimate of drug-likeness (QED) is 0.862. The molecule has 19 heavy (non-hydrogen) atoms. The van der Waals surface area contributed by atoms with Gasteiger partial charge in [0.05, 0.1) is 6.10 Å². The number of hydrogen-bond donors (Lipinski definition) is 1. The Bertz CT molecular complexity index is 419. The monoisotopic (exact) mass is 268 g/mol. The van der Waals surface area contributed by atoms with Gasteiger partial charge in [0.15, 0.2) is 0 Å². The molecule has 0 aliphatic heterocycles. The van der Waals surface area contributed by atoms with Gasteiger partial charge in [0.2, 0.25) is 0 Å². The minimum atomic E-state index is -0.259. The summed E-state index contributed by atoms with van der Waals surface area (Å²) in [6, 6.07) is 3.50. The summed E-state index contributed by atoms with van der Waals surface area (Å²) in [5.74, 6) is 0.468. The van der Waals surface area contributed by atoms with E-state index in [0.717, 1.165) is 11.3 Å². The van der Waals surface area contributed by atoms with E-state index in [1.54, 1.807) is 6.07 Å². The fraction of sp³-hybridized carbons (Fsp3) is 0.600. The highest BCUT2D eigenvalue weighted by atomic mass is 19.1. The normalized spacial score (nSPS) is 11.7. The van der Waals surface area contributed by atoms with Crippen LogP contribution in [-0.2, 0) is 13.1 Å². The lowest BCUT2D eigenvalue weighted by molar-refractivity contribution is 0.225. The molecule has 0 aliphatic carbocycles. The third-order valence-corrected chi connectivity index (χ3v) is 3.19. The van der Waals surface area contributed by atoms with Gasteiger partial charge in [-0.25, -0.2) is 4.39 Å². The predicted molar refractivity (Wildman–Crippen MR) is 76.7 cm³/mol. The van der Waals surface area contributed by atoms with E-state index in [4.69, 9.17) is 10.5 Å². The van der Waals surface area contributed by atoms with Crippen molar-refractivity contribution in [2.75, 3.05) is 7.05 Å². The van der Waals surface area contributed by atoms with Crippen molar-refractivity contribution in [3.63, 3.8) is 0 Å². The highest BCUT2D eigenvalue weighted by Gasteiger charge is 2.17. The average molecular weight is 268 g/mol. The summed E-state index contributed by atoms with van der Waals surface area (Å²) in [7, 11) is 2.01. The van der Waals surface area contributed by atoms with Crippen LogP contribution in [0.1, 0.15) is 38.8 Å². The Kier molecular flexibility index (Phi) is 5.76. The van der Waals surface area contributed by atoms with Gasteiger partial charge in [-0.2, -0.15) is 0 Å². The molecule has 0 fully saturated rings. The molecule has 1 aromatic carbocycles. The lowest BCUT2D eigenvalue weighted by Gasteiger charge is -2.25. The van der Waals surface area contributed by atoms with E-state index in [2.05, 4.69) is 18.7 Å². The first kappa shape index (κ1) is 15.9. The van der Waals surface area contributed by atoms with E-state index in [9.17, 15) is 4.39 Å². The van der Waals surface area contributed by atoms with E-state index in [1.165, 1.54) is 6.07 Å². The van der Waals surface area contributed by atoms with Gasteiger partial charge in [0.1, 0.15) is 11.6 Å². The van der Waals surface area contributed by atoms with Crippen LogP contribution in [-0.4, -0.2) is 24.1 Å². The molecule has 3 nitrogen and oxygen atoms in total. The average Bonchev–Trinajstić information content (AvgIpc) is 2.32. The summed E-state index contributed by atoms with van der Waals surface area (Å²) in [6.45, 7) is 8.93. The molecule has 0 bridgehead atoms. The van der Waals surface area contributed by atoms with Gasteiger partial charge in [0.25, 0.3) is 0 Å². The Morgan fingerprint density at radius 3 is 2.32 bits per heavy atom. The van der Waals surface area contributed by atoms with Crippen molar-refractivity contribution < 1.29 is 9.13 Å². The fourth-order valence-electron chi connectivity index (χ4n) is 1.83. The smallest absolute Gasteiger partial charge is 0.128 e. The third kappa shape index (κ3) is 4.18. The fourth-order valence-corrected chi connectivity index (χ4v) is 1.83. The number of hydrogen-bond acceptors (Lipinski definition) is 3. The maximum atomic E-state index is 13.9. The van der Waals surface area contributed by atoms with Crippen molar-refractivity contribution in [3.8, 4) is 5.75 Å². The van der Waals surface area contributed by atoms with Crippen molar-refractivity contribution >= 4 is 0 Å². The number of nitrogens with zero attached hydrogens (tertiary/aromatic N) is 1. The van der Waals surface area contributed by atoms with E-state index in [0.29, 0.717) is 18.2 Å². The largest absolute Gasteiger partial charge is 0.491 e. The Hall–Kier alpha value is -1.13. The standard InChI is InChI=1S/C15H25FN2O/c1-10(2)18(5)9-13-12(8-17)14(16)6-7-15(13)19-11(3)4/h6-7,10-11H,8-9,17H2,1-5H3. The van der Waals surface area contributed by atoms with Crippen LogP contribution in [0.15, 0.2) is 12.1 Å². The van der Waals surface area contributed by atoms with Crippen molar-refractivity contribution in [1.82, 2.24) is 4.90 Å². The van der Waals surface area contributed by atoms with Crippen LogP contribution in [0.25, 0.3) is 0 Å². The molecule has 2 N–H and O–H groups in total. The molecule has 0 spiro atoms. The second-order valence-corrected chi connectivity index (χ2v) is 5.38. The molecule has 1 aromatic rings. The van der Waals surface area contributed by atoms with Crippen molar-refractivity contribution in [2.45, 2.75) is 52.9 Å². The zero-order chi connectivity index (χ0) is 14.6. The zero-order valence-corrected chi connectivity index (χ0v) is 12.5. The molecule has 0 radical (unpaired) electrons. The summed E-state index contributed by atoms with van der Waals surface area (Å²) in [5.41, 5.74) is 7.09. The molecule has 0 aliphatic rings. The Labute approximate surface area is 115 Å². The molecular formula is C15H25FN2O. The van der Waals surface area contributed by atoms with Gasteiger partial charge in [-0.3, -0.25) is 4.90 Å². The van der Waals surface area contributed by atoms with Crippen molar-refractivity contribution in [2.24, 2.45) is 5.73 Å². The third-order valence-electron chi connectivity index (χ3n) is 3.19. The topological polar surface area (TPSA) is 38.5 Å². The van der Waals surface area contributed by atoms with Gasteiger partial charge < -0.3 is 10.5 Å². The van der Waals surface area contributed by atoms with Crippen LogP contribution in [0.3, 0.4) is 0 Å². The summed E-state index contributed by atoms with van der Waals surface area (Å²) in [5, 5.41) is 0. The minimum Gasteiger partial charge on any atom is -0.491 e.